The maximum atomic E-state index is 12.2. The first-order valence-corrected chi connectivity index (χ1v) is 7.19. The van der Waals surface area contributed by atoms with Gasteiger partial charge in [0.2, 0.25) is 5.71 Å². The van der Waals surface area contributed by atoms with Crippen molar-refractivity contribution in [3.63, 3.8) is 0 Å². The molecule has 2 saturated carbocycles. The van der Waals surface area contributed by atoms with Crippen LogP contribution >= 0.6 is 0 Å². The van der Waals surface area contributed by atoms with Gasteiger partial charge in [0.15, 0.2) is 6.04 Å². The molecule has 98 valence electrons. The van der Waals surface area contributed by atoms with Crippen LogP contribution in [0.4, 0.5) is 0 Å². The maximum absolute atomic E-state index is 12.2. The van der Waals surface area contributed by atoms with Crippen molar-refractivity contribution in [1.29, 1.82) is 0 Å². The van der Waals surface area contributed by atoms with Crippen LogP contribution in [0.3, 0.4) is 0 Å². The lowest BCUT2D eigenvalue weighted by Gasteiger charge is -2.22. The second kappa shape index (κ2) is 3.92. The second-order valence-electron chi connectivity index (χ2n) is 6.08. The molecule has 1 aliphatic heterocycles. The van der Waals surface area contributed by atoms with E-state index in [2.05, 4.69) is 24.2 Å². The van der Waals surface area contributed by atoms with Gasteiger partial charge in [-0.05, 0) is 42.4 Å². The van der Waals surface area contributed by atoms with Crippen molar-refractivity contribution in [3.8, 4) is 0 Å². The van der Waals surface area contributed by atoms with E-state index in [1.165, 1.54) is 24.8 Å². The largest absolute Gasteiger partial charge is 0.857 e. The van der Waals surface area contributed by atoms with Gasteiger partial charge in [-0.3, -0.25) is 0 Å². The quantitative estimate of drug-likeness (QED) is 0.702. The van der Waals surface area contributed by atoms with Crippen LogP contribution in [0.25, 0.3) is 0 Å². The Hall–Kier alpha value is -1.64. The van der Waals surface area contributed by atoms with Gasteiger partial charge in [-0.15, -0.1) is 0 Å². The summed E-state index contributed by atoms with van der Waals surface area (Å²) in [6.45, 7) is 2.08. The van der Waals surface area contributed by atoms with Gasteiger partial charge in [0.1, 0.15) is 0 Å². The lowest BCUT2D eigenvalue weighted by atomic mass is 9.85. The zero-order valence-electron chi connectivity index (χ0n) is 11.1. The molecule has 4 atom stereocenters. The Morgan fingerprint density at radius 2 is 1.95 bits per heavy atom. The molecule has 3 heteroatoms. The van der Waals surface area contributed by atoms with Crippen molar-refractivity contribution in [2.24, 2.45) is 22.9 Å². The van der Waals surface area contributed by atoms with E-state index in [4.69, 9.17) is 0 Å². The van der Waals surface area contributed by atoms with Crippen LogP contribution in [0.15, 0.2) is 35.4 Å². The van der Waals surface area contributed by atoms with Gasteiger partial charge in [-0.25, -0.2) is 0 Å². The minimum Gasteiger partial charge on any atom is -0.857 e. The predicted molar refractivity (Wildman–Crippen MR) is 72.0 cm³/mol. The highest BCUT2D eigenvalue weighted by Crippen LogP contribution is 2.51. The smallest absolute Gasteiger partial charge is 0.212 e. The number of hydrogen-bond donors (Lipinski definition) is 0. The number of rotatable bonds is 1. The molecule has 1 heterocycles. The van der Waals surface area contributed by atoms with Crippen LogP contribution in [0.2, 0.25) is 0 Å². The summed E-state index contributed by atoms with van der Waals surface area (Å²) in [5.41, 5.74) is 2.29. The third-order valence-corrected chi connectivity index (χ3v) is 5.18. The van der Waals surface area contributed by atoms with Gasteiger partial charge in [0.25, 0.3) is 0 Å². The minimum atomic E-state index is 0.118. The van der Waals surface area contributed by atoms with Gasteiger partial charge in [0.05, 0.1) is 5.92 Å². The molecule has 4 unspecified atom stereocenters. The van der Waals surface area contributed by atoms with Crippen molar-refractivity contribution < 1.29 is 9.79 Å². The molecule has 1 aromatic carbocycles. The first kappa shape index (κ1) is 11.2. The first-order chi connectivity index (χ1) is 9.25. The summed E-state index contributed by atoms with van der Waals surface area (Å²) in [5.74, 6) is 1.56. The monoisotopic (exact) mass is 254 g/mol. The van der Waals surface area contributed by atoms with Crippen LogP contribution in [0, 0.1) is 17.8 Å². The average Bonchev–Trinajstić information content (AvgIpc) is 3.12. The molecule has 2 aliphatic carbocycles. The van der Waals surface area contributed by atoms with E-state index >= 15 is 0 Å². The van der Waals surface area contributed by atoms with Crippen molar-refractivity contribution >= 4 is 11.6 Å². The molecule has 0 aromatic heterocycles. The Labute approximate surface area is 113 Å². The van der Waals surface area contributed by atoms with E-state index in [-0.39, 0.29) is 11.8 Å². The summed E-state index contributed by atoms with van der Waals surface area (Å²) in [4.78, 5) is 0. The Bertz CT molecular complexity index is 576. The molecule has 19 heavy (non-hydrogen) atoms. The summed E-state index contributed by atoms with van der Waals surface area (Å²) in [6.07, 6.45) is 3.73. The fourth-order valence-corrected chi connectivity index (χ4v) is 4.31. The molecule has 2 bridgehead atoms. The topological polar surface area (TPSA) is 38.4 Å². The summed E-state index contributed by atoms with van der Waals surface area (Å²) in [5, 5.41) is 16.5. The van der Waals surface area contributed by atoms with Crippen LogP contribution in [-0.2, 0) is 0 Å². The standard InChI is InChI=1S/C16H18N2O/c1-10(11-5-3-2-4-6-11)18-15-13-8-7-12(9-13)14(15)16(19)17-18/h2-6,12-15H,7-9H2,1H3. The highest BCUT2D eigenvalue weighted by molar-refractivity contribution is 5.95. The summed E-state index contributed by atoms with van der Waals surface area (Å²) >= 11 is 0. The third-order valence-electron chi connectivity index (χ3n) is 5.18. The molecule has 4 rings (SSSR count). The van der Waals surface area contributed by atoms with Crippen molar-refractivity contribution in [3.05, 3.63) is 35.9 Å². The fourth-order valence-electron chi connectivity index (χ4n) is 4.31. The van der Waals surface area contributed by atoms with E-state index in [1.54, 1.807) is 0 Å². The van der Waals surface area contributed by atoms with E-state index in [1.807, 2.05) is 22.9 Å². The van der Waals surface area contributed by atoms with Crippen LogP contribution in [0.5, 0.6) is 0 Å². The fraction of sp³-hybridized carbons (Fsp3) is 0.500. The number of fused-ring (bicyclic) bond motifs is 5. The van der Waals surface area contributed by atoms with Crippen molar-refractivity contribution in [1.82, 2.24) is 0 Å². The molecule has 2 fully saturated rings. The molecule has 0 radical (unpaired) electrons. The molecular weight excluding hydrogens is 236 g/mol. The van der Waals surface area contributed by atoms with Gasteiger partial charge < -0.3 is 5.11 Å². The van der Waals surface area contributed by atoms with Gasteiger partial charge in [-0.1, -0.05) is 22.9 Å². The number of nitrogens with zero attached hydrogens (tertiary/aromatic N) is 2. The lowest BCUT2D eigenvalue weighted by Crippen LogP contribution is -2.38. The second-order valence-corrected chi connectivity index (χ2v) is 6.08. The molecule has 0 saturated heterocycles. The Morgan fingerprint density at radius 1 is 1.21 bits per heavy atom. The average molecular weight is 254 g/mol. The Balaban J connectivity index is 1.80. The van der Waals surface area contributed by atoms with E-state index in [0.29, 0.717) is 17.9 Å². The zero-order chi connectivity index (χ0) is 13.0. The first-order valence-electron chi connectivity index (χ1n) is 7.19. The zero-order valence-corrected chi connectivity index (χ0v) is 11.1. The summed E-state index contributed by atoms with van der Waals surface area (Å²) in [7, 11) is 0. The van der Waals surface area contributed by atoms with Gasteiger partial charge in [-0.2, -0.15) is 0 Å². The molecular formula is C16H18N2O. The maximum Gasteiger partial charge on any atom is 0.212 e. The predicted octanol–water partition coefficient (Wildman–Crippen LogP) is 1.61. The number of hydrogen-bond acceptors (Lipinski definition) is 2. The van der Waals surface area contributed by atoms with Crippen LogP contribution in [-0.4, -0.2) is 22.3 Å². The van der Waals surface area contributed by atoms with E-state index < -0.39 is 0 Å². The normalized spacial score (nSPS) is 38.3. The molecule has 3 aliphatic rings. The molecule has 1 aromatic rings. The van der Waals surface area contributed by atoms with Gasteiger partial charge >= 0.3 is 0 Å². The van der Waals surface area contributed by atoms with Crippen molar-refractivity contribution in [2.75, 3.05) is 0 Å². The van der Waals surface area contributed by atoms with Crippen LogP contribution in [0.1, 0.15) is 31.7 Å². The Morgan fingerprint density at radius 3 is 2.74 bits per heavy atom. The highest BCUT2D eigenvalue weighted by Gasteiger charge is 2.57. The molecule has 0 amide bonds. The van der Waals surface area contributed by atoms with E-state index in [0.717, 1.165) is 5.71 Å². The number of benzene rings is 1. The van der Waals surface area contributed by atoms with Crippen molar-refractivity contribution in [2.45, 2.75) is 32.2 Å². The summed E-state index contributed by atoms with van der Waals surface area (Å²) < 4.78 is 2.03. The van der Waals surface area contributed by atoms with Crippen LogP contribution < -0.4 is 5.11 Å². The van der Waals surface area contributed by atoms with E-state index in [9.17, 15) is 5.11 Å². The lowest BCUT2D eigenvalue weighted by molar-refractivity contribution is -0.573. The molecule has 0 spiro atoms. The highest BCUT2D eigenvalue weighted by atomic mass is 16.3. The summed E-state index contributed by atoms with van der Waals surface area (Å²) in [6, 6.07) is 10.6. The van der Waals surface area contributed by atoms with Gasteiger partial charge in [0, 0.05) is 24.3 Å². The SMILES string of the molecule is CC(c1ccccc1)=[N+]1N=C([O-])C2C3CCC(C3)C21. The third kappa shape index (κ3) is 1.50. The Kier molecular flexibility index (Phi) is 2.32. The molecule has 3 nitrogen and oxygen atoms in total. The molecule has 0 N–H and O–H groups in total. The number of hydrazone groups is 1. The minimum absolute atomic E-state index is 0.118.